The second-order valence-corrected chi connectivity index (χ2v) is 4.86. The standard InChI is InChI=1S/C13H19ClN2O2/c1-9(8-17)6-15-7-13(18)16-12-5-11(14)4-3-10(12)2/h3-5,9,15,17H,6-8H2,1-2H3,(H,16,18). The number of rotatable bonds is 6. The fourth-order valence-corrected chi connectivity index (χ4v) is 1.59. The number of carbonyl (C=O) groups is 1. The van der Waals surface area contributed by atoms with Gasteiger partial charge in [-0.3, -0.25) is 4.79 Å². The third-order valence-corrected chi connectivity index (χ3v) is 2.80. The van der Waals surface area contributed by atoms with E-state index in [2.05, 4.69) is 10.6 Å². The van der Waals surface area contributed by atoms with Crippen LogP contribution < -0.4 is 10.6 Å². The molecule has 18 heavy (non-hydrogen) atoms. The van der Waals surface area contributed by atoms with Gasteiger partial charge in [0.1, 0.15) is 0 Å². The summed E-state index contributed by atoms with van der Waals surface area (Å²) in [6.07, 6.45) is 0. The lowest BCUT2D eigenvalue weighted by Gasteiger charge is -2.11. The Hall–Kier alpha value is -1.10. The Bertz CT molecular complexity index is 410. The van der Waals surface area contributed by atoms with Crippen molar-refractivity contribution in [3.05, 3.63) is 28.8 Å². The number of aliphatic hydroxyl groups excluding tert-OH is 1. The van der Waals surface area contributed by atoms with E-state index in [4.69, 9.17) is 16.7 Å². The predicted molar refractivity (Wildman–Crippen MR) is 73.9 cm³/mol. The Morgan fingerprint density at radius 2 is 2.22 bits per heavy atom. The molecule has 1 atom stereocenters. The van der Waals surface area contributed by atoms with Crippen molar-refractivity contribution in [2.24, 2.45) is 5.92 Å². The van der Waals surface area contributed by atoms with Gasteiger partial charge in [0, 0.05) is 23.9 Å². The maximum absolute atomic E-state index is 11.7. The van der Waals surface area contributed by atoms with E-state index in [9.17, 15) is 4.79 Å². The zero-order valence-corrected chi connectivity index (χ0v) is 11.4. The molecule has 0 aliphatic carbocycles. The molecule has 4 nitrogen and oxygen atoms in total. The Kier molecular flexibility index (Phi) is 6.12. The molecule has 1 amide bonds. The molecule has 0 radical (unpaired) electrons. The molecule has 3 N–H and O–H groups in total. The summed E-state index contributed by atoms with van der Waals surface area (Å²) >= 11 is 5.87. The Morgan fingerprint density at radius 3 is 2.89 bits per heavy atom. The fourth-order valence-electron chi connectivity index (χ4n) is 1.42. The van der Waals surface area contributed by atoms with Crippen LogP contribution in [0.25, 0.3) is 0 Å². The van der Waals surface area contributed by atoms with Crippen LogP contribution in [-0.4, -0.2) is 30.7 Å². The molecular weight excluding hydrogens is 252 g/mol. The highest BCUT2D eigenvalue weighted by molar-refractivity contribution is 6.31. The first-order chi connectivity index (χ1) is 8.52. The van der Waals surface area contributed by atoms with E-state index in [1.54, 1.807) is 12.1 Å². The fraction of sp³-hybridized carbons (Fsp3) is 0.462. The van der Waals surface area contributed by atoms with E-state index in [-0.39, 0.29) is 25.0 Å². The molecule has 1 aromatic carbocycles. The smallest absolute Gasteiger partial charge is 0.238 e. The van der Waals surface area contributed by atoms with Crippen LogP contribution in [0.3, 0.4) is 0 Å². The van der Waals surface area contributed by atoms with Crippen LogP contribution in [-0.2, 0) is 4.79 Å². The molecule has 100 valence electrons. The third-order valence-electron chi connectivity index (χ3n) is 2.56. The second-order valence-electron chi connectivity index (χ2n) is 4.43. The van der Waals surface area contributed by atoms with Crippen molar-refractivity contribution in [3.63, 3.8) is 0 Å². The van der Waals surface area contributed by atoms with E-state index < -0.39 is 0 Å². The monoisotopic (exact) mass is 270 g/mol. The van der Waals surface area contributed by atoms with Gasteiger partial charge in [0.25, 0.3) is 0 Å². The van der Waals surface area contributed by atoms with Crippen LogP contribution in [0, 0.1) is 12.8 Å². The topological polar surface area (TPSA) is 61.4 Å². The van der Waals surface area contributed by atoms with Crippen molar-refractivity contribution in [1.82, 2.24) is 5.32 Å². The molecule has 5 heteroatoms. The van der Waals surface area contributed by atoms with E-state index in [1.807, 2.05) is 19.9 Å². The summed E-state index contributed by atoms with van der Waals surface area (Å²) < 4.78 is 0. The molecule has 0 bridgehead atoms. The summed E-state index contributed by atoms with van der Waals surface area (Å²) in [6, 6.07) is 5.37. The molecule has 0 saturated carbocycles. The maximum atomic E-state index is 11.7. The zero-order valence-electron chi connectivity index (χ0n) is 10.7. The predicted octanol–water partition coefficient (Wildman–Crippen LogP) is 1.80. The molecule has 0 aliphatic rings. The minimum absolute atomic E-state index is 0.113. The molecule has 0 fully saturated rings. The zero-order chi connectivity index (χ0) is 13.5. The van der Waals surface area contributed by atoms with Crippen molar-refractivity contribution in [3.8, 4) is 0 Å². The quantitative estimate of drug-likeness (QED) is 0.739. The molecule has 1 unspecified atom stereocenters. The first-order valence-corrected chi connectivity index (χ1v) is 6.28. The van der Waals surface area contributed by atoms with Gasteiger partial charge in [-0.25, -0.2) is 0 Å². The average molecular weight is 271 g/mol. The lowest BCUT2D eigenvalue weighted by Crippen LogP contribution is -2.32. The van der Waals surface area contributed by atoms with Gasteiger partial charge in [0.15, 0.2) is 0 Å². The molecule has 0 saturated heterocycles. The summed E-state index contributed by atoms with van der Waals surface area (Å²) in [5.41, 5.74) is 1.70. The van der Waals surface area contributed by atoms with E-state index in [0.29, 0.717) is 11.6 Å². The van der Waals surface area contributed by atoms with Gasteiger partial charge in [0.05, 0.1) is 6.54 Å². The Labute approximate surface area is 112 Å². The van der Waals surface area contributed by atoms with Crippen molar-refractivity contribution < 1.29 is 9.90 Å². The summed E-state index contributed by atoms with van der Waals surface area (Å²) in [6.45, 7) is 4.76. The number of aryl methyl sites for hydroxylation is 1. The van der Waals surface area contributed by atoms with Gasteiger partial charge in [-0.1, -0.05) is 24.6 Å². The van der Waals surface area contributed by atoms with E-state index >= 15 is 0 Å². The average Bonchev–Trinajstić information content (AvgIpc) is 2.33. The summed E-state index contributed by atoms with van der Waals surface area (Å²) in [4.78, 5) is 11.7. The maximum Gasteiger partial charge on any atom is 0.238 e. The van der Waals surface area contributed by atoms with Crippen LogP contribution in [0.2, 0.25) is 5.02 Å². The SMILES string of the molecule is Cc1ccc(Cl)cc1NC(=O)CNCC(C)CO. The second kappa shape index (κ2) is 7.36. The Balaban J connectivity index is 2.42. The van der Waals surface area contributed by atoms with Gasteiger partial charge in [-0.2, -0.15) is 0 Å². The summed E-state index contributed by atoms with van der Waals surface area (Å²) in [7, 11) is 0. The lowest BCUT2D eigenvalue weighted by atomic mass is 10.2. The summed E-state index contributed by atoms with van der Waals surface area (Å²) in [5, 5.41) is 15.2. The minimum atomic E-state index is -0.120. The summed E-state index contributed by atoms with van der Waals surface area (Å²) in [5.74, 6) is 0.0243. The van der Waals surface area contributed by atoms with Gasteiger partial charge in [-0.15, -0.1) is 0 Å². The normalized spacial score (nSPS) is 12.2. The molecular formula is C13H19ClN2O2. The lowest BCUT2D eigenvalue weighted by molar-refractivity contribution is -0.115. The number of hydrogen-bond donors (Lipinski definition) is 3. The van der Waals surface area contributed by atoms with Crippen LogP contribution in [0.4, 0.5) is 5.69 Å². The number of benzene rings is 1. The van der Waals surface area contributed by atoms with Crippen molar-refractivity contribution in [2.75, 3.05) is 25.0 Å². The highest BCUT2D eigenvalue weighted by Gasteiger charge is 2.06. The van der Waals surface area contributed by atoms with E-state index in [0.717, 1.165) is 11.3 Å². The number of amides is 1. The molecule has 1 rings (SSSR count). The number of nitrogens with one attached hydrogen (secondary N) is 2. The molecule has 1 aromatic rings. The first kappa shape index (κ1) is 15.0. The number of aliphatic hydroxyl groups is 1. The van der Waals surface area contributed by atoms with Crippen molar-refractivity contribution in [2.45, 2.75) is 13.8 Å². The van der Waals surface area contributed by atoms with Gasteiger partial charge >= 0.3 is 0 Å². The largest absolute Gasteiger partial charge is 0.396 e. The molecule has 0 aliphatic heterocycles. The highest BCUT2D eigenvalue weighted by atomic mass is 35.5. The van der Waals surface area contributed by atoms with E-state index in [1.165, 1.54) is 0 Å². The molecule has 0 aromatic heterocycles. The van der Waals surface area contributed by atoms with Gasteiger partial charge < -0.3 is 15.7 Å². The number of hydrogen-bond acceptors (Lipinski definition) is 3. The van der Waals surface area contributed by atoms with Crippen molar-refractivity contribution >= 4 is 23.2 Å². The van der Waals surface area contributed by atoms with Gasteiger partial charge in [-0.05, 0) is 30.5 Å². The van der Waals surface area contributed by atoms with Crippen molar-refractivity contribution in [1.29, 1.82) is 0 Å². The van der Waals surface area contributed by atoms with Crippen LogP contribution >= 0.6 is 11.6 Å². The van der Waals surface area contributed by atoms with Crippen LogP contribution in [0.1, 0.15) is 12.5 Å². The third kappa shape index (κ3) is 5.04. The first-order valence-electron chi connectivity index (χ1n) is 5.90. The highest BCUT2D eigenvalue weighted by Crippen LogP contribution is 2.19. The molecule has 0 spiro atoms. The Morgan fingerprint density at radius 1 is 1.50 bits per heavy atom. The van der Waals surface area contributed by atoms with Crippen LogP contribution in [0.5, 0.6) is 0 Å². The molecule has 0 heterocycles. The number of anilines is 1. The number of halogens is 1. The van der Waals surface area contributed by atoms with Crippen LogP contribution in [0.15, 0.2) is 18.2 Å². The minimum Gasteiger partial charge on any atom is -0.396 e. The number of carbonyl (C=O) groups excluding carboxylic acids is 1. The van der Waals surface area contributed by atoms with Gasteiger partial charge in [0.2, 0.25) is 5.91 Å².